The fourth-order valence-electron chi connectivity index (χ4n) is 3.12. The summed E-state index contributed by atoms with van der Waals surface area (Å²) in [6, 6.07) is 4.79. The van der Waals surface area contributed by atoms with Gasteiger partial charge in [-0.3, -0.25) is 4.79 Å². The van der Waals surface area contributed by atoms with Gasteiger partial charge in [0.05, 0.1) is 28.9 Å². The van der Waals surface area contributed by atoms with Gasteiger partial charge in [0.25, 0.3) is 5.91 Å². The summed E-state index contributed by atoms with van der Waals surface area (Å²) < 4.78 is 29.7. The molecule has 0 saturated heterocycles. The Kier molecular flexibility index (Phi) is 7.56. The van der Waals surface area contributed by atoms with Gasteiger partial charge in [0.15, 0.2) is 0 Å². The van der Waals surface area contributed by atoms with Crippen LogP contribution < -0.4 is 16.4 Å². The molecule has 0 bridgehead atoms. The Balaban J connectivity index is 1.91. The average Bonchev–Trinajstić information content (AvgIpc) is 3.13. The van der Waals surface area contributed by atoms with E-state index in [1.807, 2.05) is 6.92 Å². The molecule has 3 aromatic rings. The number of thiophene rings is 1. The molecule has 0 saturated carbocycles. The third-order valence-electron chi connectivity index (χ3n) is 5.57. The van der Waals surface area contributed by atoms with Gasteiger partial charge < -0.3 is 26.6 Å². The van der Waals surface area contributed by atoms with Crippen LogP contribution in [0.3, 0.4) is 0 Å². The molecule has 3 rings (SSSR count). The van der Waals surface area contributed by atoms with Gasteiger partial charge in [0.2, 0.25) is 0 Å². The Hall–Kier alpha value is -2.99. The van der Waals surface area contributed by atoms with E-state index < -0.39 is 28.7 Å². The van der Waals surface area contributed by atoms with E-state index in [1.165, 1.54) is 26.1 Å². The highest BCUT2D eigenvalue weighted by Gasteiger charge is 2.25. The first-order chi connectivity index (χ1) is 16.2. The maximum atomic E-state index is 14.9. The summed E-state index contributed by atoms with van der Waals surface area (Å²) >= 11 is 0.941. The van der Waals surface area contributed by atoms with E-state index in [9.17, 15) is 23.8 Å². The van der Waals surface area contributed by atoms with Crippen molar-refractivity contribution >= 4 is 28.1 Å². The second kappa shape index (κ2) is 9.94. The maximum absolute atomic E-state index is 14.9. The number of hydrogen-bond donors (Lipinski definition) is 5. The third kappa shape index (κ3) is 6.37. The molecule has 0 spiro atoms. The standard InChI is InChI=1S/C24H29F2N5O3S/c1-12(23(2,3)33)29-11-19-28-7-6-18(30-19)31-22-14(21(27)32)10-17(35-22)20-15(25)8-13(9-16(20)26)24(4,5)34/h6-10,12,29,33-34H,11H2,1-5H3,(H2,27,32)(H,28,30,31). The molecule has 1 amide bonds. The number of nitrogens with zero attached hydrogens (tertiary/aromatic N) is 2. The average molecular weight is 506 g/mol. The summed E-state index contributed by atoms with van der Waals surface area (Å²) in [4.78, 5) is 20.8. The molecule has 6 N–H and O–H groups in total. The lowest BCUT2D eigenvalue weighted by atomic mass is 9.96. The number of nitrogens with two attached hydrogens (primary N) is 1. The number of benzene rings is 1. The second-order valence-electron chi connectivity index (χ2n) is 9.33. The van der Waals surface area contributed by atoms with E-state index in [4.69, 9.17) is 5.73 Å². The molecule has 0 fully saturated rings. The number of rotatable bonds is 9. The fraction of sp³-hybridized carbons (Fsp3) is 0.375. The molecule has 35 heavy (non-hydrogen) atoms. The van der Waals surface area contributed by atoms with Crippen LogP contribution in [0, 0.1) is 11.6 Å². The number of amides is 1. The smallest absolute Gasteiger partial charge is 0.251 e. The van der Waals surface area contributed by atoms with Crippen LogP contribution in [0.2, 0.25) is 0 Å². The minimum Gasteiger partial charge on any atom is -0.389 e. The normalized spacial score (nSPS) is 13.1. The van der Waals surface area contributed by atoms with Gasteiger partial charge >= 0.3 is 0 Å². The fourth-order valence-corrected chi connectivity index (χ4v) is 4.24. The largest absolute Gasteiger partial charge is 0.389 e. The van der Waals surface area contributed by atoms with Crippen molar-refractivity contribution in [3.8, 4) is 10.4 Å². The van der Waals surface area contributed by atoms with Crippen molar-refractivity contribution < 1.29 is 23.8 Å². The first-order valence-corrected chi connectivity index (χ1v) is 11.7. The zero-order valence-electron chi connectivity index (χ0n) is 20.1. The van der Waals surface area contributed by atoms with E-state index in [0.29, 0.717) is 11.6 Å². The molecular formula is C24H29F2N5O3S. The van der Waals surface area contributed by atoms with Gasteiger partial charge in [-0.1, -0.05) is 0 Å². The van der Waals surface area contributed by atoms with E-state index in [2.05, 4.69) is 20.6 Å². The molecule has 2 heterocycles. The predicted octanol–water partition coefficient (Wildman–Crippen LogP) is 3.80. The van der Waals surface area contributed by atoms with Gasteiger partial charge in [-0.2, -0.15) is 0 Å². The van der Waals surface area contributed by atoms with Crippen molar-refractivity contribution in [2.75, 3.05) is 5.32 Å². The number of primary amides is 1. The second-order valence-corrected chi connectivity index (χ2v) is 10.4. The molecular weight excluding hydrogens is 476 g/mol. The number of hydrogen-bond acceptors (Lipinski definition) is 8. The molecule has 2 aromatic heterocycles. The van der Waals surface area contributed by atoms with Crippen LogP contribution in [0.15, 0.2) is 30.5 Å². The minimum absolute atomic E-state index is 0.0457. The SMILES string of the molecule is CC(NCc1nccc(Nc2sc(-c3c(F)cc(C(C)(C)O)cc3F)cc2C(N)=O)n1)C(C)(C)O. The molecule has 1 aromatic carbocycles. The van der Waals surface area contributed by atoms with Crippen LogP contribution in [0.5, 0.6) is 0 Å². The molecule has 1 unspecified atom stereocenters. The van der Waals surface area contributed by atoms with Crippen LogP contribution in [0.1, 0.15) is 56.4 Å². The summed E-state index contributed by atoms with van der Waals surface area (Å²) in [6.45, 7) is 8.34. The van der Waals surface area contributed by atoms with E-state index in [0.717, 1.165) is 23.5 Å². The summed E-state index contributed by atoms with van der Waals surface area (Å²) in [5, 5.41) is 26.5. The van der Waals surface area contributed by atoms with Crippen LogP contribution in [-0.4, -0.2) is 37.7 Å². The molecule has 1 atom stereocenters. The van der Waals surface area contributed by atoms with Crippen LogP contribution >= 0.6 is 11.3 Å². The topological polar surface area (TPSA) is 133 Å². The highest BCUT2D eigenvalue weighted by Crippen LogP contribution is 2.40. The maximum Gasteiger partial charge on any atom is 0.251 e. The highest BCUT2D eigenvalue weighted by molar-refractivity contribution is 7.20. The highest BCUT2D eigenvalue weighted by atomic mass is 32.1. The molecule has 0 aliphatic rings. The molecule has 11 heteroatoms. The Morgan fingerprint density at radius 2 is 1.80 bits per heavy atom. The molecule has 188 valence electrons. The van der Waals surface area contributed by atoms with Crippen molar-refractivity contribution in [2.24, 2.45) is 5.73 Å². The number of anilines is 2. The Morgan fingerprint density at radius 3 is 2.34 bits per heavy atom. The van der Waals surface area contributed by atoms with Crippen molar-refractivity contribution in [1.82, 2.24) is 15.3 Å². The number of halogens is 2. The van der Waals surface area contributed by atoms with Gasteiger partial charge in [0.1, 0.15) is 28.3 Å². The van der Waals surface area contributed by atoms with E-state index in [1.54, 1.807) is 19.9 Å². The van der Waals surface area contributed by atoms with Gasteiger partial charge in [-0.05, 0) is 64.4 Å². The number of carbonyl (C=O) groups excluding carboxylic acids is 1. The van der Waals surface area contributed by atoms with Crippen LogP contribution in [-0.2, 0) is 12.1 Å². The van der Waals surface area contributed by atoms with E-state index >= 15 is 0 Å². The zero-order valence-corrected chi connectivity index (χ0v) is 20.9. The lowest BCUT2D eigenvalue weighted by molar-refractivity contribution is 0.0435. The molecule has 0 aliphatic heterocycles. The van der Waals surface area contributed by atoms with Crippen LogP contribution in [0.25, 0.3) is 10.4 Å². The quantitative estimate of drug-likeness (QED) is 0.299. The van der Waals surface area contributed by atoms with Gasteiger partial charge in [0, 0.05) is 17.1 Å². The van der Waals surface area contributed by atoms with Crippen molar-refractivity contribution in [3.05, 3.63) is 59.0 Å². The third-order valence-corrected chi connectivity index (χ3v) is 6.63. The van der Waals surface area contributed by atoms with Crippen molar-refractivity contribution in [2.45, 2.75) is 58.4 Å². The Morgan fingerprint density at radius 1 is 1.17 bits per heavy atom. The van der Waals surface area contributed by atoms with Crippen molar-refractivity contribution in [1.29, 1.82) is 0 Å². The lowest BCUT2D eigenvalue weighted by Gasteiger charge is -2.26. The molecule has 8 nitrogen and oxygen atoms in total. The van der Waals surface area contributed by atoms with Crippen molar-refractivity contribution in [3.63, 3.8) is 0 Å². The summed E-state index contributed by atoms with van der Waals surface area (Å²) in [5.74, 6) is -1.74. The Labute approximate surface area is 206 Å². The first-order valence-electron chi connectivity index (χ1n) is 10.9. The summed E-state index contributed by atoms with van der Waals surface area (Å²) in [7, 11) is 0. The monoisotopic (exact) mass is 505 g/mol. The first kappa shape index (κ1) is 26.6. The van der Waals surface area contributed by atoms with Gasteiger partial charge in [-0.25, -0.2) is 18.7 Å². The Bertz CT molecular complexity index is 1210. The number of aliphatic hydroxyl groups is 2. The number of carbonyl (C=O) groups is 1. The van der Waals surface area contributed by atoms with E-state index in [-0.39, 0.29) is 39.2 Å². The van der Waals surface area contributed by atoms with Gasteiger partial charge in [-0.15, -0.1) is 11.3 Å². The predicted molar refractivity (Wildman–Crippen MR) is 131 cm³/mol. The zero-order chi connectivity index (χ0) is 26.1. The number of aromatic nitrogens is 2. The van der Waals surface area contributed by atoms with Crippen LogP contribution in [0.4, 0.5) is 19.6 Å². The molecule has 0 aliphatic carbocycles. The lowest BCUT2D eigenvalue weighted by Crippen LogP contribution is -2.44. The summed E-state index contributed by atoms with van der Waals surface area (Å²) in [6.07, 6.45) is 1.52. The number of nitrogens with one attached hydrogen (secondary N) is 2. The summed E-state index contributed by atoms with van der Waals surface area (Å²) in [5.41, 5.74) is 2.95. The minimum atomic E-state index is -1.43. The molecule has 0 radical (unpaired) electrons.